The summed E-state index contributed by atoms with van der Waals surface area (Å²) in [6.07, 6.45) is 8.22. The molecule has 0 aliphatic heterocycles. The molecule has 3 aliphatic rings. The lowest BCUT2D eigenvalue weighted by atomic mass is 9.69. The number of fused-ring (bicyclic) bond motifs is 5. The zero-order chi connectivity index (χ0) is 13.0. The monoisotopic (exact) mass is 255 g/mol. The number of rotatable bonds is 2. The lowest BCUT2D eigenvalue weighted by molar-refractivity contribution is 0.156. The normalized spacial score (nSPS) is 43.7. The van der Waals surface area contributed by atoms with Gasteiger partial charge in [0.25, 0.3) is 0 Å². The molecule has 1 aromatic rings. The van der Waals surface area contributed by atoms with E-state index >= 15 is 0 Å². The Hall–Kier alpha value is -0.820. The van der Waals surface area contributed by atoms with Crippen LogP contribution in [0.15, 0.2) is 24.3 Å². The molecule has 3 aliphatic carbocycles. The highest BCUT2D eigenvalue weighted by atomic mass is 14.8. The maximum absolute atomic E-state index is 6.90. The Kier molecular flexibility index (Phi) is 2.57. The molecule has 0 aromatic heterocycles. The molecule has 0 radical (unpaired) electrons. The molecule has 2 N–H and O–H groups in total. The molecule has 1 heteroatoms. The van der Waals surface area contributed by atoms with E-state index in [1.165, 1.54) is 43.2 Å². The number of benzene rings is 1. The molecule has 5 atom stereocenters. The Morgan fingerprint density at radius 3 is 2.84 bits per heavy atom. The predicted octanol–water partition coefficient (Wildman–Crippen LogP) is 3.69. The van der Waals surface area contributed by atoms with Crippen molar-refractivity contribution in [3.05, 3.63) is 35.4 Å². The van der Waals surface area contributed by atoms with Crippen LogP contribution in [0, 0.1) is 30.6 Å². The van der Waals surface area contributed by atoms with Crippen LogP contribution in [0.25, 0.3) is 0 Å². The first-order valence-corrected chi connectivity index (χ1v) is 8.01. The second-order valence-electron chi connectivity index (χ2n) is 7.40. The standard InChI is InChI=1S/C18H25N/c1-12-5-2-3-6-13(12)10-18(19)11-14-9-17(18)16-8-4-7-15(14)16/h2-3,5-6,14-17H,4,7-11,19H2,1H3. The molecule has 4 rings (SSSR count). The fourth-order valence-corrected chi connectivity index (χ4v) is 5.68. The molecular formula is C18H25N. The van der Waals surface area contributed by atoms with Gasteiger partial charge in [0, 0.05) is 5.54 Å². The van der Waals surface area contributed by atoms with Gasteiger partial charge in [-0.2, -0.15) is 0 Å². The van der Waals surface area contributed by atoms with Crippen molar-refractivity contribution in [2.24, 2.45) is 29.4 Å². The van der Waals surface area contributed by atoms with Crippen molar-refractivity contribution in [2.75, 3.05) is 0 Å². The lowest BCUT2D eigenvalue weighted by Crippen LogP contribution is -2.51. The minimum Gasteiger partial charge on any atom is -0.325 e. The number of hydrogen-bond acceptors (Lipinski definition) is 1. The SMILES string of the molecule is Cc1ccccc1CC1(N)CC2CC1C1CCCC21. The van der Waals surface area contributed by atoms with Crippen LogP contribution >= 0.6 is 0 Å². The summed E-state index contributed by atoms with van der Waals surface area (Å²) >= 11 is 0. The van der Waals surface area contributed by atoms with Crippen LogP contribution in [0.4, 0.5) is 0 Å². The third-order valence-electron chi connectivity index (χ3n) is 6.47. The second-order valence-corrected chi connectivity index (χ2v) is 7.40. The van der Waals surface area contributed by atoms with Gasteiger partial charge in [-0.3, -0.25) is 0 Å². The van der Waals surface area contributed by atoms with E-state index in [1.807, 2.05) is 0 Å². The zero-order valence-corrected chi connectivity index (χ0v) is 11.9. The molecule has 1 nitrogen and oxygen atoms in total. The molecule has 3 saturated carbocycles. The van der Waals surface area contributed by atoms with E-state index in [-0.39, 0.29) is 5.54 Å². The van der Waals surface area contributed by atoms with Crippen molar-refractivity contribution in [1.29, 1.82) is 0 Å². The van der Waals surface area contributed by atoms with Crippen molar-refractivity contribution < 1.29 is 0 Å². The molecule has 1 aromatic carbocycles. The average Bonchev–Trinajstić information content (AvgIpc) is 3.02. The summed E-state index contributed by atoms with van der Waals surface area (Å²) in [7, 11) is 0. The summed E-state index contributed by atoms with van der Waals surface area (Å²) in [5, 5.41) is 0. The van der Waals surface area contributed by atoms with Gasteiger partial charge in [0.2, 0.25) is 0 Å². The van der Waals surface area contributed by atoms with E-state index in [2.05, 4.69) is 31.2 Å². The van der Waals surface area contributed by atoms with Gasteiger partial charge >= 0.3 is 0 Å². The maximum Gasteiger partial charge on any atom is 0.0229 e. The first-order valence-electron chi connectivity index (χ1n) is 8.01. The van der Waals surface area contributed by atoms with Crippen LogP contribution in [0.3, 0.4) is 0 Å². The van der Waals surface area contributed by atoms with Crippen molar-refractivity contribution in [2.45, 2.75) is 51.0 Å². The molecule has 0 heterocycles. The quantitative estimate of drug-likeness (QED) is 0.857. The molecule has 2 bridgehead atoms. The molecular weight excluding hydrogens is 230 g/mol. The van der Waals surface area contributed by atoms with E-state index in [9.17, 15) is 0 Å². The molecule has 0 amide bonds. The van der Waals surface area contributed by atoms with Crippen LogP contribution in [0.2, 0.25) is 0 Å². The van der Waals surface area contributed by atoms with E-state index in [0.717, 1.165) is 30.1 Å². The fourth-order valence-electron chi connectivity index (χ4n) is 5.68. The number of hydrogen-bond donors (Lipinski definition) is 1. The Balaban J connectivity index is 1.60. The summed E-state index contributed by atoms with van der Waals surface area (Å²) in [6.45, 7) is 2.23. The zero-order valence-electron chi connectivity index (χ0n) is 11.9. The van der Waals surface area contributed by atoms with Gasteiger partial charge in [-0.05, 0) is 73.8 Å². The van der Waals surface area contributed by atoms with E-state index in [0.29, 0.717) is 0 Å². The van der Waals surface area contributed by atoms with E-state index < -0.39 is 0 Å². The smallest absolute Gasteiger partial charge is 0.0229 e. The summed E-state index contributed by atoms with van der Waals surface area (Å²) in [5.41, 5.74) is 9.89. The maximum atomic E-state index is 6.90. The van der Waals surface area contributed by atoms with Gasteiger partial charge in [0.15, 0.2) is 0 Å². The van der Waals surface area contributed by atoms with Crippen LogP contribution in [-0.4, -0.2) is 5.54 Å². The molecule has 0 spiro atoms. The average molecular weight is 255 g/mol. The number of aryl methyl sites for hydroxylation is 1. The fraction of sp³-hybridized carbons (Fsp3) is 0.667. The Labute approximate surface area is 116 Å². The minimum absolute atomic E-state index is 0.0995. The summed E-state index contributed by atoms with van der Waals surface area (Å²) in [5.74, 6) is 3.77. The molecule has 5 unspecified atom stereocenters. The Bertz CT molecular complexity index is 494. The second kappa shape index (κ2) is 4.09. The molecule has 102 valence electrons. The van der Waals surface area contributed by atoms with Crippen LogP contribution in [0.1, 0.15) is 43.2 Å². The van der Waals surface area contributed by atoms with Gasteiger partial charge < -0.3 is 5.73 Å². The topological polar surface area (TPSA) is 26.0 Å². The highest BCUT2D eigenvalue weighted by Crippen LogP contribution is 2.62. The largest absolute Gasteiger partial charge is 0.325 e. The molecule has 3 fully saturated rings. The van der Waals surface area contributed by atoms with Gasteiger partial charge in [-0.15, -0.1) is 0 Å². The van der Waals surface area contributed by atoms with Gasteiger partial charge in [-0.25, -0.2) is 0 Å². The minimum atomic E-state index is 0.0995. The number of nitrogens with two attached hydrogens (primary N) is 1. The van der Waals surface area contributed by atoms with Crippen LogP contribution in [-0.2, 0) is 6.42 Å². The van der Waals surface area contributed by atoms with Crippen LogP contribution in [0.5, 0.6) is 0 Å². The van der Waals surface area contributed by atoms with Gasteiger partial charge in [-0.1, -0.05) is 30.7 Å². The molecule has 0 saturated heterocycles. The van der Waals surface area contributed by atoms with Crippen molar-refractivity contribution >= 4 is 0 Å². The van der Waals surface area contributed by atoms with Crippen molar-refractivity contribution in [1.82, 2.24) is 0 Å². The van der Waals surface area contributed by atoms with Crippen molar-refractivity contribution in [3.63, 3.8) is 0 Å². The summed E-state index contributed by atoms with van der Waals surface area (Å²) in [6, 6.07) is 8.80. The Morgan fingerprint density at radius 1 is 1.21 bits per heavy atom. The third kappa shape index (κ3) is 1.71. The first kappa shape index (κ1) is 12.0. The summed E-state index contributed by atoms with van der Waals surface area (Å²) in [4.78, 5) is 0. The highest BCUT2D eigenvalue weighted by Gasteiger charge is 2.59. The predicted molar refractivity (Wildman–Crippen MR) is 78.8 cm³/mol. The Morgan fingerprint density at radius 2 is 2.00 bits per heavy atom. The van der Waals surface area contributed by atoms with Gasteiger partial charge in [0.1, 0.15) is 0 Å². The highest BCUT2D eigenvalue weighted by molar-refractivity contribution is 5.29. The molecule has 19 heavy (non-hydrogen) atoms. The van der Waals surface area contributed by atoms with Crippen LogP contribution < -0.4 is 5.73 Å². The lowest BCUT2D eigenvalue weighted by Gasteiger charge is -2.40. The van der Waals surface area contributed by atoms with E-state index in [1.54, 1.807) is 0 Å². The van der Waals surface area contributed by atoms with E-state index in [4.69, 9.17) is 5.73 Å². The summed E-state index contributed by atoms with van der Waals surface area (Å²) < 4.78 is 0. The first-order chi connectivity index (χ1) is 9.17. The van der Waals surface area contributed by atoms with Gasteiger partial charge in [0.05, 0.1) is 0 Å². The van der Waals surface area contributed by atoms with Crippen molar-refractivity contribution in [3.8, 4) is 0 Å². The third-order valence-corrected chi connectivity index (χ3v) is 6.47.